The molecule has 21 heavy (non-hydrogen) atoms. The fraction of sp³-hybridized carbons (Fsp3) is 0.211. The highest BCUT2D eigenvalue weighted by Crippen LogP contribution is 2.43. The van der Waals surface area contributed by atoms with E-state index in [4.69, 9.17) is 0 Å². The first-order chi connectivity index (χ1) is 10.3. The molecule has 0 bridgehead atoms. The predicted octanol–water partition coefficient (Wildman–Crippen LogP) is 4.99. The van der Waals surface area contributed by atoms with Crippen LogP contribution in [0.1, 0.15) is 12.0 Å². The molecule has 1 fully saturated rings. The number of carbonyl (C=O) groups is 1. The zero-order valence-corrected chi connectivity index (χ0v) is 12.5. The van der Waals surface area contributed by atoms with Crippen LogP contribution in [-0.4, -0.2) is 5.78 Å². The van der Waals surface area contributed by atoms with Crippen LogP contribution in [0.4, 0.5) is 0 Å². The Labute approximate surface area is 127 Å². The average Bonchev–Trinajstić information content (AvgIpc) is 3.17. The molecule has 2 aromatic carbocycles. The molecule has 0 amide bonds. The number of hydrogen-bond acceptors (Lipinski definition) is 2. The SMILES string of the molecule is C=CC(=O)C1CC1Cc1ccc2c(c1)sc1ccccc12. The average molecular weight is 292 g/mol. The number of ketones is 1. The van der Waals surface area contributed by atoms with Gasteiger partial charge in [-0.05, 0) is 42.5 Å². The minimum absolute atomic E-state index is 0.211. The lowest BCUT2D eigenvalue weighted by atomic mass is 10.0. The van der Waals surface area contributed by atoms with Crippen molar-refractivity contribution in [1.82, 2.24) is 0 Å². The predicted molar refractivity (Wildman–Crippen MR) is 89.8 cm³/mol. The zero-order valence-electron chi connectivity index (χ0n) is 11.7. The van der Waals surface area contributed by atoms with Crippen LogP contribution < -0.4 is 0 Å². The van der Waals surface area contributed by atoms with E-state index in [1.54, 1.807) is 0 Å². The van der Waals surface area contributed by atoms with Crippen LogP contribution in [0, 0.1) is 11.8 Å². The van der Waals surface area contributed by atoms with Gasteiger partial charge >= 0.3 is 0 Å². The van der Waals surface area contributed by atoms with Crippen molar-refractivity contribution in [2.75, 3.05) is 0 Å². The molecular weight excluding hydrogens is 276 g/mol. The highest BCUT2D eigenvalue weighted by molar-refractivity contribution is 7.25. The number of hydrogen-bond donors (Lipinski definition) is 0. The van der Waals surface area contributed by atoms with Crippen molar-refractivity contribution in [2.24, 2.45) is 11.8 Å². The molecule has 4 rings (SSSR count). The lowest BCUT2D eigenvalue weighted by Gasteiger charge is -2.00. The minimum atomic E-state index is 0.211. The van der Waals surface area contributed by atoms with Gasteiger partial charge in [0.15, 0.2) is 5.78 Å². The molecule has 1 aliphatic carbocycles. The molecule has 0 N–H and O–H groups in total. The molecule has 2 unspecified atom stereocenters. The highest BCUT2D eigenvalue weighted by atomic mass is 32.1. The van der Waals surface area contributed by atoms with Crippen LogP contribution in [0.25, 0.3) is 20.2 Å². The molecule has 1 aromatic heterocycles. The van der Waals surface area contributed by atoms with E-state index in [1.165, 1.54) is 31.8 Å². The van der Waals surface area contributed by atoms with Crippen molar-refractivity contribution in [3.8, 4) is 0 Å². The fourth-order valence-corrected chi connectivity index (χ4v) is 4.34. The quantitative estimate of drug-likeness (QED) is 0.619. The summed E-state index contributed by atoms with van der Waals surface area (Å²) >= 11 is 1.85. The van der Waals surface area contributed by atoms with Gasteiger partial charge in [0.1, 0.15) is 0 Å². The summed E-state index contributed by atoms with van der Waals surface area (Å²) in [5.41, 5.74) is 1.35. The number of benzene rings is 2. The Balaban J connectivity index is 1.64. The number of carbonyl (C=O) groups excluding carboxylic acids is 1. The van der Waals surface area contributed by atoms with E-state index in [9.17, 15) is 4.79 Å². The third-order valence-electron chi connectivity index (χ3n) is 4.43. The van der Waals surface area contributed by atoms with Gasteiger partial charge in [-0.15, -0.1) is 11.3 Å². The summed E-state index contributed by atoms with van der Waals surface area (Å²) in [5, 5.41) is 2.68. The van der Waals surface area contributed by atoms with Gasteiger partial charge in [-0.1, -0.05) is 36.9 Å². The van der Waals surface area contributed by atoms with E-state index in [0.29, 0.717) is 5.92 Å². The summed E-state index contributed by atoms with van der Waals surface area (Å²) in [7, 11) is 0. The van der Waals surface area contributed by atoms with Crippen molar-refractivity contribution >= 4 is 37.3 Å². The Kier molecular flexibility index (Phi) is 2.93. The molecule has 3 aromatic rings. The Hall–Kier alpha value is -1.93. The summed E-state index contributed by atoms with van der Waals surface area (Å²) in [5.74, 6) is 0.950. The van der Waals surface area contributed by atoms with E-state index in [1.807, 2.05) is 11.3 Å². The number of thiophene rings is 1. The van der Waals surface area contributed by atoms with Crippen molar-refractivity contribution in [1.29, 1.82) is 0 Å². The topological polar surface area (TPSA) is 17.1 Å². The Morgan fingerprint density at radius 3 is 2.86 bits per heavy atom. The van der Waals surface area contributed by atoms with E-state index in [2.05, 4.69) is 49.0 Å². The summed E-state index contributed by atoms with van der Waals surface area (Å²) in [4.78, 5) is 11.6. The van der Waals surface area contributed by atoms with Gasteiger partial charge in [0.05, 0.1) is 0 Å². The minimum Gasteiger partial charge on any atom is -0.295 e. The first-order valence-corrected chi connectivity index (χ1v) is 8.14. The Morgan fingerprint density at radius 1 is 1.19 bits per heavy atom. The maximum Gasteiger partial charge on any atom is 0.158 e. The van der Waals surface area contributed by atoms with Crippen LogP contribution in [0.3, 0.4) is 0 Å². The summed E-state index contributed by atoms with van der Waals surface area (Å²) < 4.78 is 2.69. The van der Waals surface area contributed by atoms with Gasteiger partial charge in [-0.25, -0.2) is 0 Å². The normalized spacial score (nSPS) is 20.8. The van der Waals surface area contributed by atoms with E-state index in [0.717, 1.165) is 12.8 Å². The number of fused-ring (bicyclic) bond motifs is 3. The molecule has 2 atom stereocenters. The Morgan fingerprint density at radius 2 is 2.00 bits per heavy atom. The van der Waals surface area contributed by atoms with Crippen LogP contribution in [0.2, 0.25) is 0 Å². The van der Waals surface area contributed by atoms with Crippen molar-refractivity contribution in [3.63, 3.8) is 0 Å². The standard InChI is InChI=1S/C19H16OS/c1-2-17(20)16-11-13(16)9-12-7-8-15-14-5-3-4-6-18(14)21-19(15)10-12/h2-8,10,13,16H,1,9,11H2. The molecule has 0 aliphatic heterocycles. The lowest BCUT2D eigenvalue weighted by Crippen LogP contribution is -1.99. The zero-order chi connectivity index (χ0) is 14.4. The molecule has 0 spiro atoms. The van der Waals surface area contributed by atoms with Crippen molar-refractivity contribution < 1.29 is 4.79 Å². The smallest absolute Gasteiger partial charge is 0.158 e. The summed E-state index contributed by atoms with van der Waals surface area (Å²) in [6.07, 6.45) is 3.50. The van der Waals surface area contributed by atoms with Gasteiger partial charge in [0.2, 0.25) is 0 Å². The molecule has 1 saturated carbocycles. The lowest BCUT2D eigenvalue weighted by molar-refractivity contribution is -0.116. The largest absolute Gasteiger partial charge is 0.295 e. The van der Waals surface area contributed by atoms with Crippen molar-refractivity contribution in [3.05, 3.63) is 60.7 Å². The third kappa shape index (κ3) is 2.20. The molecule has 2 heteroatoms. The van der Waals surface area contributed by atoms with Gasteiger partial charge in [0, 0.05) is 26.1 Å². The Bertz CT molecular complexity index is 858. The monoisotopic (exact) mass is 292 g/mol. The van der Waals surface area contributed by atoms with Crippen LogP contribution in [0.5, 0.6) is 0 Å². The van der Waals surface area contributed by atoms with Gasteiger partial charge in [-0.2, -0.15) is 0 Å². The highest BCUT2D eigenvalue weighted by Gasteiger charge is 2.40. The van der Waals surface area contributed by atoms with Crippen LogP contribution in [0.15, 0.2) is 55.1 Å². The molecule has 1 aliphatic rings. The van der Waals surface area contributed by atoms with E-state index >= 15 is 0 Å². The second-order valence-corrected chi connectivity index (χ2v) is 6.93. The molecule has 0 saturated heterocycles. The first-order valence-electron chi connectivity index (χ1n) is 7.32. The van der Waals surface area contributed by atoms with Gasteiger partial charge in [-0.3, -0.25) is 4.79 Å². The molecule has 104 valence electrons. The second kappa shape index (κ2) is 4.81. The first kappa shape index (κ1) is 12.8. The van der Waals surface area contributed by atoms with E-state index < -0.39 is 0 Å². The van der Waals surface area contributed by atoms with E-state index in [-0.39, 0.29) is 11.7 Å². The summed E-state index contributed by atoms with van der Waals surface area (Å²) in [6, 6.07) is 15.3. The molecule has 0 radical (unpaired) electrons. The van der Waals surface area contributed by atoms with Crippen LogP contribution in [-0.2, 0) is 11.2 Å². The number of allylic oxidation sites excluding steroid dienone is 1. The second-order valence-electron chi connectivity index (χ2n) is 5.84. The van der Waals surface area contributed by atoms with Crippen molar-refractivity contribution in [2.45, 2.75) is 12.8 Å². The van der Waals surface area contributed by atoms with Gasteiger partial charge < -0.3 is 0 Å². The fourth-order valence-electron chi connectivity index (χ4n) is 3.17. The molecule has 1 heterocycles. The summed E-state index contributed by atoms with van der Waals surface area (Å²) in [6.45, 7) is 3.58. The van der Waals surface area contributed by atoms with Crippen LogP contribution >= 0.6 is 11.3 Å². The maximum absolute atomic E-state index is 11.6. The maximum atomic E-state index is 11.6. The number of rotatable bonds is 4. The molecular formula is C19H16OS. The van der Waals surface area contributed by atoms with Gasteiger partial charge in [0.25, 0.3) is 0 Å². The third-order valence-corrected chi connectivity index (χ3v) is 5.56. The molecule has 1 nitrogen and oxygen atoms in total.